The predicted octanol–water partition coefficient (Wildman–Crippen LogP) is 3.83. The van der Waals surface area contributed by atoms with Crippen molar-refractivity contribution in [3.8, 4) is 11.3 Å². The van der Waals surface area contributed by atoms with Gasteiger partial charge < -0.3 is 9.47 Å². The summed E-state index contributed by atoms with van der Waals surface area (Å²) in [5.74, 6) is -3.41. The zero-order valence-electron chi connectivity index (χ0n) is 13.6. The molecular formula is C17H14F5N3O. The number of hydrogen-bond acceptors (Lipinski definition) is 2. The van der Waals surface area contributed by atoms with Crippen LogP contribution in [0.25, 0.3) is 17.5 Å². The fourth-order valence-electron chi connectivity index (χ4n) is 2.59. The number of halogens is 5. The van der Waals surface area contributed by atoms with Crippen LogP contribution in [0.3, 0.4) is 0 Å². The van der Waals surface area contributed by atoms with Gasteiger partial charge in [0, 0.05) is 24.0 Å². The van der Waals surface area contributed by atoms with Gasteiger partial charge in [0.2, 0.25) is 5.91 Å². The Balaban J connectivity index is 1.75. The van der Waals surface area contributed by atoms with E-state index in [0.29, 0.717) is 11.3 Å². The first-order chi connectivity index (χ1) is 12.0. The summed E-state index contributed by atoms with van der Waals surface area (Å²) in [6.07, 6.45) is 0.728. The number of carbonyl (C=O) groups is 1. The largest absolute Gasteiger partial charge is 0.416 e. The second kappa shape index (κ2) is 6.22. The smallest absolute Gasteiger partial charge is 0.327 e. The molecule has 9 heteroatoms. The molecule has 0 radical (unpaired) electrons. The Morgan fingerprint density at radius 2 is 1.92 bits per heavy atom. The average Bonchev–Trinajstić information content (AvgIpc) is 2.97. The van der Waals surface area contributed by atoms with E-state index < -0.39 is 36.7 Å². The molecule has 0 aliphatic carbocycles. The molecule has 0 bridgehead atoms. The number of carbonyl (C=O) groups excluding carboxylic acids is 1. The highest BCUT2D eigenvalue weighted by Crippen LogP contribution is 2.33. The molecule has 26 heavy (non-hydrogen) atoms. The van der Waals surface area contributed by atoms with E-state index in [1.165, 1.54) is 23.3 Å². The third-order valence-corrected chi connectivity index (χ3v) is 3.85. The molecule has 1 amide bonds. The highest BCUT2D eigenvalue weighted by molar-refractivity contribution is 5.91. The van der Waals surface area contributed by atoms with Crippen LogP contribution < -0.4 is 0 Å². The molecule has 4 nitrogen and oxygen atoms in total. The summed E-state index contributed by atoms with van der Waals surface area (Å²) in [4.78, 5) is 16.7. The van der Waals surface area contributed by atoms with Crippen molar-refractivity contribution in [2.24, 2.45) is 0 Å². The lowest BCUT2D eigenvalue weighted by atomic mass is 10.0. The summed E-state index contributed by atoms with van der Waals surface area (Å²) in [6.45, 7) is 0.320. The number of aryl methyl sites for hydroxylation is 1. The van der Waals surface area contributed by atoms with Crippen LogP contribution in [0.1, 0.15) is 11.1 Å². The van der Waals surface area contributed by atoms with Crippen molar-refractivity contribution in [3.05, 3.63) is 47.9 Å². The fourth-order valence-corrected chi connectivity index (χ4v) is 2.59. The lowest BCUT2D eigenvalue weighted by Gasteiger charge is -2.37. The summed E-state index contributed by atoms with van der Waals surface area (Å²) in [7, 11) is 0. The molecule has 1 aliphatic rings. The number of likely N-dealkylation sites (tertiary alicyclic amines) is 1. The quantitative estimate of drug-likeness (QED) is 0.608. The zero-order valence-corrected chi connectivity index (χ0v) is 13.6. The van der Waals surface area contributed by atoms with Crippen molar-refractivity contribution in [2.75, 3.05) is 13.1 Å². The van der Waals surface area contributed by atoms with E-state index in [1.54, 1.807) is 13.0 Å². The minimum absolute atomic E-state index is 0.290. The number of aromatic nitrogens is 2. The predicted molar refractivity (Wildman–Crippen MR) is 84.3 cm³/mol. The van der Waals surface area contributed by atoms with Crippen LogP contribution in [0.15, 0.2) is 36.8 Å². The molecule has 1 saturated heterocycles. The Morgan fingerprint density at radius 1 is 1.23 bits per heavy atom. The first kappa shape index (κ1) is 18.1. The van der Waals surface area contributed by atoms with Crippen molar-refractivity contribution < 1.29 is 26.7 Å². The molecule has 138 valence electrons. The van der Waals surface area contributed by atoms with Gasteiger partial charge in [-0.1, -0.05) is 0 Å². The van der Waals surface area contributed by atoms with Crippen LogP contribution in [-0.4, -0.2) is 39.4 Å². The Labute approximate surface area is 145 Å². The van der Waals surface area contributed by atoms with Crippen LogP contribution in [0, 0.1) is 6.92 Å². The number of amides is 1. The molecule has 1 aliphatic heterocycles. The maximum Gasteiger partial charge on any atom is 0.416 e. The standard InChI is InChI=1S/C17H14F5N3O/c1-11-4-12(6-13(5-11)17(20,21)22)14-7-24(10-23-14)3-2-15(26)25-8-16(18,19)9-25/h2-7,10H,8-9H2,1H3/b3-2-. The van der Waals surface area contributed by atoms with Crippen molar-refractivity contribution >= 4 is 12.1 Å². The van der Waals surface area contributed by atoms with Crippen LogP contribution >= 0.6 is 0 Å². The lowest BCUT2D eigenvalue weighted by Crippen LogP contribution is -2.58. The maximum atomic E-state index is 12.9. The topological polar surface area (TPSA) is 38.1 Å². The molecule has 0 saturated carbocycles. The summed E-state index contributed by atoms with van der Waals surface area (Å²) in [5.41, 5.74) is 0.255. The molecule has 0 unspecified atom stereocenters. The molecule has 1 aromatic carbocycles. The first-order valence-electron chi connectivity index (χ1n) is 7.61. The first-order valence-corrected chi connectivity index (χ1v) is 7.61. The highest BCUT2D eigenvalue weighted by Gasteiger charge is 2.45. The Hall–Kier alpha value is -2.71. The molecule has 1 fully saturated rings. The SMILES string of the molecule is Cc1cc(-c2cn(/C=C\C(=O)N3CC(F)(F)C3)cn2)cc(C(F)(F)F)c1. The normalized spacial score (nSPS) is 16.8. The monoisotopic (exact) mass is 371 g/mol. The summed E-state index contributed by atoms with van der Waals surface area (Å²) < 4.78 is 65.6. The Kier molecular flexibility index (Phi) is 4.33. The number of rotatable bonds is 3. The van der Waals surface area contributed by atoms with Gasteiger partial charge in [-0.05, 0) is 30.7 Å². The summed E-state index contributed by atoms with van der Waals surface area (Å²) in [6, 6.07) is 3.61. The summed E-state index contributed by atoms with van der Waals surface area (Å²) in [5, 5.41) is 0. The van der Waals surface area contributed by atoms with Crippen LogP contribution in [-0.2, 0) is 11.0 Å². The summed E-state index contributed by atoms with van der Waals surface area (Å²) >= 11 is 0. The Bertz CT molecular complexity index is 862. The molecular weight excluding hydrogens is 357 g/mol. The van der Waals surface area contributed by atoms with Gasteiger partial charge in [-0.3, -0.25) is 4.79 Å². The van der Waals surface area contributed by atoms with Crippen LogP contribution in [0.4, 0.5) is 22.0 Å². The number of imidazole rings is 1. The van der Waals surface area contributed by atoms with E-state index >= 15 is 0 Å². The van der Waals surface area contributed by atoms with E-state index in [1.807, 2.05) is 0 Å². The van der Waals surface area contributed by atoms with E-state index in [0.717, 1.165) is 23.1 Å². The van der Waals surface area contributed by atoms with Gasteiger partial charge >= 0.3 is 6.18 Å². The molecule has 0 N–H and O–H groups in total. The van der Waals surface area contributed by atoms with Gasteiger partial charge in [0.15, 0.2) is 0 Å². The number of hydrogen-bond donors (Lipinski definition) is 0. The van der Waals surface area contributed by atoms with Crippen LogP contribution in [0.5, 0.6) is 0 Å². The third-order valence-electron chi connectivity index (χ3n) is 3.85. The van der Waals surface area contributed by atoms with E-state index in [2.05, 4.69) is 4.98 Å². The maximum absolute atomic E-state index is 12.9. The van der Waals surface area contributed by atoms with Gasteiger partial charge in [0.25, 0.3) is 5.92 Å². The molecule has 2 heterocycles. The second-order valence-corrected chi connectivity index (χ2v) is 6.16. The van der Waals surface area contributed by atoms with E-state index in [9.17, 15) is 26.7 Å². The van der Waals surface area contributed by atoms with Crippen molar-refractivity contribution in [1.82, 2.24) is 14.5 Å². The van der Waals surface area contributed by atoms with Gasteiger partial charge in [0.1, 0.15) is 0 Å². The van der Waals surface area contributed by atoms with Crippen LogP contribution in [0.2, 0.25) is 0 Å². The van der Waals surface area contributed by atoms with Crippen molar-refractivity contribution in [1.29, 1.82) is 0 Å². The lowest BCUT2D eigenvalue weighted by molar-refractivity contribution is -0.160. The average molecular weight is 371 g/mol. The van der Waals surface area contributed by atoms with Gasteiger partial charge in [0.05, 0.1) is 30.7 Å². The van der Waals surface area contributed by atoms with Gasteiger partial charge in [-0.2, -0.15) is 13.2 Å². The molecule has 3 rings (SSSR count). The number of alkyl halides is 5. The van der Waals surface area contributed by atoms with Gasteiger partial charge in [-0.15, -0.1) is 0 Å². The Morgan fingerprint density at radius 3 is 2.54 bits per heavy atom. The third kappa shape index (κ3) is 3.92. The second-order valence-electron chi connectivity index (χ2n) is 6.16. The fraction of sp³-hybridized carbons (Fsp3) is 0.294. The highest BCUT2D eigenvalue weighted by atomic mass is 19.4. The molecule has 2 aromatic rings. The minimum atomic E-state index is -4.46. The minimum Gasteiger partial charge on any atom is -0.327 e. The molecule has 0 spiro atoms. The molecule has 1 aromatic heterocycles. The van der Waals surface area contributed by atoms with Crippen molar-refractivity contribution in [3.63, 3.8) is 0 Å². The van der Waals surface area contributed by atoms with Gasteiger partial charge in [-0.25, -0.2) is 13.8 Å². The number of benzene rings is 1. The van der Waals surface area contributed by atoms with E-state index in [4.69, 9.17) is 0 Å². The number of nitrogens with zero attached hydrogens (tertiary/aromatic N) is 3. The van der Waals surface area contributed by atoms with E-state index in [-0.39, 0.29) is 5.56 Å². The van der Waals surface area contributed by atoms with Crippen molar-refractivity contribution in [2.45, 2.75) is 19.0 Å². The zero-order chi connectivity index (χ0) is 19.1. The molecule has 0 atom stereocenters.